The molecule has 1 aliphatic rings. The molecule has 0 spiro atoms. The fourth-order valence-corrected chi connectivity index (χ4v) is 3.40. The quantitative estimate of drug-likeness (QED) is 0.549. The molecule has 0 radical (unpaired) electrons. The number of rotatable bonds is 8. The van der Waals surface area contributed by atoms with Crippen molar-refractivity contribution in [1.82, 2.24) is 15.6 Å². The number of aryl methyl sites for hydroxylation is 1. The normalized spacial score (nSPS) is 16.0. The maximum Gasteiger partial charge on any atom is 0.214 e. The second-order valence-electron chi connectivity index (χ2n) is 7.36. The molecule has 6 nitrogen and oxygen atoms in total. The standard InChI is InChI=1S/C21H30N4O2/c1-16-5-7-17(8-6-16)18-13-23-19(27-18)14-24-20(22-2)25-15-21(9-4-10-21)11-12-26-3/h5-8,13H,4,9-12,14-15H2,1-3H3,(H2,22,24,25). The summed E-state index contributed by atoms with van der Waals surface area (Å²) in [7, 11) is 3.55. The zero-order valence-electron chi connectivity index (χ0n) is 16.5. The Labute approximate surface area is 161 Å². The topological polar surface area (TPSA) is 71.7 Å². The van der Waals surface area contributed by atoms with Crippen molar-refractivity contribution < 1.29 is 9.15 Å². The minimum absolute atomic E-state index is 0.342. The van der Waals surface area contributed by atoms with Gasteiger partial charge in [0, 0.05) is 32.9 Å². The SMILES string of the molecule is CN=C(NCc1ncc(-c2ccc(C)cc2)o1)NCC1(CCOC)CCC1. The molecule has 146 valence electrons. The second kappa shape index (κ2) is 9.04. The molecule has 0 aliphatic heterocycles. The summed E-state index contributed by atoms with van der Waals surface area (Å²) < 4.78 is 11.1. The van der Waals surface area contributed by atoms with Crippen LogP contribution in [-0.4, -0.2) is 38.3 Å². The van der Waals surface area contributed by atoms with E-state index in [0.29, 0.717) is 17.9 Å². The highest BCUT2D eigenvalue weighted by Gasteiger charge is 2.36. The van der Waals surface area contributed by atoms with Crippen molar-refractivity contribution in [1.29, 1.82) is 0 Å². The molecule has 0 unspecified atom stereocenters. The smallest absolute Gasteiger partial charge is 0.214 e. The summed E-state index contributed by atoms with van der Waals surface area (Å²) in [6.45, 7) is 4.29. The lowest BCUT2D eigenvalue weighted by Gasteiger charge is -2.42. The predicted molar refractivity (Wildman–Crippen MR) is 108 cm³/mol. The monoisotopic (exact) mass is 370 g/mol. The van der Waals surface area contributed by atoms with Gasteiger partial charge in [0.05, 0.1) is 12.7 Å². The van der Waals surface area contributed by atoms with Crippen molar-refractivity contribution in [3.63, 3.8) is 0 Å². The number of aliphatic imine (C=N–C) groups is 1. The van der Waals surface area contributed by atoms with Crippen LogP contribution in [0.1, 0.15) is 37.1 Å². The van der Waals surface area contributed by atoms with Gasteiger partial charge in [0.2, 0.25) is 5.89 Å². The van der Waals surface area contributed by atoms with Crippen LogP contribution in [0.3, 0.4) is 0 Å². The number of benzene rings is 1. The highest BCUT2D eigenvalue weighted by atomic mass is 16.5. The fourth-order valence-electron chi connectivity index (χ4n) is 3.40. The van der Waals surface area contributed by atoms with E-state index >= 15 is 0 Å². The highest BCUT2D eigenvalue weighted by molar-refractivity contribution is 5.79. The van der Waals surface area contributed by atoms with E-state index in [2.05, 4.69) is 39.7 Å². The van der Waals surface area contributed by atoms with Gasteiger partial charge in [-0.2, -0.15) is 0 Å². The molecule has 0 saturated heterocycles. The van der Waals surface area contributed by atoms with Gasteiger partial charge in [-0.15, -0.1) is 0 Å². The first-order valence-corrected chi connectivity index (χ1v) is 9.59. The van der Waals surface area contributed by atoms with E-state index < -0.39 is 0 Å². The minimum Gasteiger partial charge on any atom is -0.439 e. The maximum absolute atomic E-state index is 5.86. The van der Waals surface area contributed by atoms with Gasteiger partial charge in [0.1, 0.15) is 0 Å². The molecule has 2 N–H and O–H groups in total. The third-order valence-corrected chi connectivity index (χ3v) is 5.40. The van der Waals surface area contributed by atoms with Crippen molar-refractivity contribution in [3.05, 3.63) is 41.9 Å². The molecule has 1 aliphatic carbocycles. The van der Waals surface area contributed by atoms with E-state index in [9.17, 15) is 0 Å². The molecule has 0 amide bonds. The molecule has 6 heteroatoms. The first-order chi connectivity index (χ1) is 13.1. The van der Waals surface area contributed by atoms with Gasteiger partial charge in [-0.3, -0.25) is 4.99 Å². The average molecular weight is 370 g/mol. The van der Waals surface area contributed by atoms with Gasteiger partial charge in [-0.25, -0.2) is 4.98 Å². The number of guanidine groups is 1. The van der Waals surface area contributed by atoms with E-state index in [0.717, 1.165) is 36.9 Å². The maximum atomic E-state index is 5.86. The number of methoxy groups -OCH3 is 1. The lowest BCUT2D eigenvalue weighted by Crippen LogP contribution is -2.46. The lowest BCUT2D eigenvalue weighted by molar-refractivity contribution is 0.0732. The molecule has 1 fully saturated rings. The molecule has 1 saturated carbocycles. The summed E-state index contributed by atoms with van der Waals surface area (Å²) in [6.07, 6.45) is 6.66. The van der Waals surface area contributed by atoms with Crippen molar-refractivity contribution in [2.75, 3.05) is 27.3 Å². The first kappa shape index (κ1) is 19.4. The Balaban J connectivity index is 1.50. The first-order valence-electron chi connectivity index (χ1n) is 9.59. The summed E-state index contributed by atoms with van der Waals surface area (Å²) in [5, 5.41) is 6.74. The fraction of sp³-hybridized carbons (Fsp3) is 0.524. The summed E-state index contributed by atoms with van der Waals surface area (Å²) in [5.74, 6) is 2.20. The van der Waals surface area contributed by atoms with Crippen LogP contribution < -0.4 is 10.6 Å². The summed E-state index contributed by atoms with van der Waals surface area (Å²) >= 11 is 0. The number of nitrogens with zero attached hydrogens (tertiary/aromatic N) is 2. The number of ether oxygens (including phenoxy) is 1. The van der Waals surface area contributed by atoms with Gasteiger partial charge in [0.25, 0.3) is 0 Å². The van der Waals surface area contributed by atoms with Crippen LogP contribution >= 0.6 is 0 Å². The molecule has 0 bridgehead atoms. The third kappa shape index (κ3) is 5.10. The zero-order valence-corrected chi connectivity index (χ0v) is 16.5. The van der Waals surface area contributed by atoms with E-state index in [-0.39, 0.29) is 0 Å². The van der Waals surface area contributed by atoms with E-state index in [1.165, 1.54) is 24.8 Å². The van der Waals surface area contributed by atoms with Crippen LogP contribution in [0.4, 0.5) is 0 Å². The lowest BCUT2D eigenvalue weighted by atomic mass is 9.67. The minimum atomic E-state index is 0.342. The van der Waals surface area contributed by atoms with Gasteiger partial charge in [-0.1, -0.05) is 36.2 Å². The Hall–Kier alpha value is -2.34. The van der Waals surface area contributed by atoms with Crippen LogP contribution in [0, 0.1) is 12.3 Å². The average Bonchev–Trinajstić information content (AvgIpc) is 3.12. The Bertz CT molecular complexity index is 748. The highest BCUT2D eigenvalue weighted by Crippen LogP contribution is 2.43. The van der Waals surface area contributed by atoms with Gasteiger partial charge < -0.3 is 19.8 Å². The largest absolute Gasteiger partial charge is 0.439 e. The van der Waals surface area contributed by atoms with Crippen LogP contribution in [0.15, 0.2) is 39.9 Å². The van der Waals surface area contributed by atoms with Crippen molar-refractivity contribution in [2.24, 2.45) is 10.4 Å². The Kier molecular flexibility index (Phi) is 6.50. The Morgan fingerprint density at radius 2 is 2.04 bits per heavy atom. The number of nitrogens with one attached hydrogen (secondary N) is 2. The van der Waals surface area contributed by atoms with Gasteiger partial charge in [0.15, 0.2) is 11.7 Å². The van der Waals surface area contributed by atoms with E-state index in [1.807, 2.05) is 12.1 Å². The summed E-state index contributed by atoms with van der Waals surface area (Å²) in [5.41, 5.74) is 2.60. The van der Waals surface area contributed by atoms with Crippen LogP contribution in [0.25, 0.3) is 11.3 Å². The molecule has 1 aromatic carbocycles. The van der Waals surface area contributed by atoms with E-state index in [1.54, 1.807) is 20.4 Å². The predicted octanol–water partition coefficient (Wildman–Crippen LogP) is 3.52. The molecule has 3 rings (SSSR count). The molecule has 27 heavy (non-hydrogen) atoms. The van der Waals surface area contributed by atoms with E-state index in [4.69, 9.17) is 9.15 Å². The zero-order chi connectivity index (χ0) is 19.1. The summed E-state index contributed by atoms with van der Waals surface area (Å²) in [4.78, 5) is 8.68. The molecule has 0 atom stereocenters. The van der Waals surface area contributed by atoms with Crippen molar-refractivity contribution in [2.45, 2.75) is 39.2 Å². The molecular weight excluding hydrogens is 340 g/mol. The van der Waals surface area contributed by atoms with Gasteiger partial charge >= 0.3 is 0 Å². The molecule has 2 aromatic rings. The van der Waals surface area contributed by atoms with Gasteiger partial charge in [-0.05, 0) is 31.6 Å². The van der Waals surface area contributed by atoms with Crippen molar-refractivity contribution >= 4 is 5.96 Å². The molecule has 1 heterocycles. The number of hydrogen-bond acceptors (Lipinski definition) is 4. The van der Waals surface area contributed by atoms with Crippen LogP contribution in [0.2, 0.25) is 0 Å². The van der Waals surface area contributed by atoms with Crippen molar-refractivity contribution in [3.8, 4) is 11.3 Å². The van der Waals surface area contributed by atoms with Crippen LogP contribution in [-0.2, 0) is 11.3 Å². The molecular formula is C21H30N4O2. The third-order valence-electron chi connectivity index (χ3n) is 5.40. The number of oxazole rings is 1. The Morgan fingerprint density at radius 1 is 1.26 bits per heavy atom. The van der Waals surface area contributed by atoms with Crippen LogP contribution in [0.5, 0.6) is 0 Å². The number of aromatic nitrogens is 1. The second-order valence-corrected chi connectivity index (χ2v) is 7.36. The summed E-state index contributed by atoms with van der Waals surface area (Å²) in [6, 6.07) is 8.24. The Morgan fingerprint density at radius 3 is 2.67 bits per heavy atom. The number of hydrogen-bond donors (Lipinski definition) is 2. The molecule has 1 aromatic heterocycles.